The molecule has 0 aromatic heterocycles. The molecule has 0 saturated carbocycles. The number of thioether (sulfide) groups is 1. The summed E-state index contributed by atoms with van der Waals surface area (Å²) < 4.78 is 5.14. The van der Waals surface area contributed by atoms with Crippen LogP contribution < -0.4 is 10.1 Å². The van der Waals surface area contributed by atoms with Crippen LogP contribution in [0.4, 0.5) is 0 Å². The van der Waals surface area contributed by atoms with E-state index in [1.165, 1.54) is 0 Å². The van der Waals surface area contributed by atoms with Crippen molar-refractivity contribution in [3.05, 3.63) is 29.8 Å². The third-order valence-corrected chi connectivity index (χ3v) is 5.37. The van der Waals surface area contributed by atoms with Crippen LogP contribution in [0.25, 0.3) is 0 Å². The van der Waals surface area contributed by atoms with Crippen molar-refractivity contribution in [2.24, 2.45) is 5.41 Å². The Kier molecular flexibility index (Phi) is 4.30. The Balaban J connectivity index is 2.25. The van der Waals surface area contributed by atoms with Crippen LogP contribution in [-0.4, -0.2) is 29.6 Å². The molecule has 0 amide bonds. The molecule has 0 bridgehead atoms. The van der Waals surface area contributed by atoms with E-state index in [9.17, 15) is 9.90 Å². The SMILES string of the molecule is COc1ccc([C@H]2SC(C(C)(C)C)N[C@@H]2C(=O)O)cc1. The lowest BCUT2D eigenvalue weighted by molar-refractivity contribution is -0.139. The van der Waals surface area contributed by atoms with Crippen molar-refractivity contribution in [3.63, 3.8) is 0 Å². The fourth-order valence-electron chi connectivity index (χ4n) is 2.23. The molecule has 1 aliphatic rings. The van der Waals surface area contributed by atoms with Gasteiger partial charge in [0.15, 0.2) is 0 Å². The highest BCUT2D eigenvalue weighted by molar-refractivity contribution is 8.00. The van der Waals surface area contributed by atoms with Gasteiger partial charge in [-0.15, -0.1) is 11.8 Å². The van der Waals surface area contributed by atoms with Crippen LogP contribution >= 0.6 is 11.8 Å². The van der Waals surface area contributed by atoms with Gasteiger partial charge in [0.1, 0.15) is 11.8 Å². The zero-order valence-electron chi connectivity index (χ0n) is 12.2. The van der Waals surface area contributed by atoms with Gasteiger partial charge < -0.3 is 9.84 Å². The Bertz CT molecular complexity index is 481. The predicted molar refractivity (Wildman–Crippen MR) is 81.1 cm³/mol. The number of carboxylic acid groups (broad SMARTS) is 1. The normalized spacial score (nSPS) is 26.5. The van der Waals surface area contributed by atoms with Gasteiger partial charge in [-0.2, -0.15) is 0 Å². The van der Waals surface area contributed by atoms with Crippen LogP contribution in [-0.2, 0) is 4.79 Å². The molecule has 0 radical (unpaired) electrons. The quantitative estimate of drug-likeness (QED) is 0.898. The van der Waals surface area contributed by atoms with Crippen LogP contribution in [0.15, 0.2) is 24.3 Å². The minimum Gasteiger partial charge on any atom is -0.497 e. The molecule has 1 aromatic carbocycles. The summed E-state index contributed by atoms with van der Waals surface area (Å²) in [4.78, 5) is 11.5. The van der Waals surface area contributed by atoms with E-state index in [0.29, 0.717) is 0 Å². The zero-order chi connectivity index (χ0) is 14.9. The molecule has 5 heteroatoms. The molecular formula is C15H21NO3S. The maximum absolute atomic E-state index is 11.5. The van der Waals surface area contributed by atoms with Crippen molar-refractivity contribution >= 4 is 17.7 Å². The fourth-order valence-corrected chi connectivity index (χ4v) is 3.83. The molecule has 110 valence electrons. The van der Waals surface area contributed by atoms with Crippen molar-refractivity contribution in [2.45, 2.75) is 37.4 Å². The van der Waals surface area contributed by atoms with Crippen LogP contribution in [0.5, 0.6) is 5.75 Å². The van der Waals surface area contributed by atoms with Crippen LogP contribution in [0.2, 0.25) is 0 Å². The predicted octanol–water partition coefficient (Wildman–Crippen LogP) is 2.90. The minimum absolute atomic E-state index is 0.0135. The van der Waals surface area contributed by atoms with E-state index in [2.05, 4.69) is 26.1 Å². The smallest absolute Gasteiger partial charge is 0.322 e. The first-order valence-corrected chi connectivity index (χ1v) is 7.55. The number of carboxylic acids is 1. The first-order valence-electron chi connectivity index (χ1n) is 6.61. The van der Waals surface area contributed by atoms with Gasteiger partial charge >= 0.3 is 5.97 Å². The highest BCUT2D eigenvalue weighted by Crippen LogP contribution is 2.46. The largest absolute Gasteiger partial charge is 0.497 e. The summed E-state index contributed by atoms with van der Waals surface area (Å²) in [6, 6.07) is 7.08. The number of hydrogen-bond donors (Lipinski definition) is 2. The molecule has 3 atom stereocenters. The van der Waals surface area contributed by atoms with E-state index in [-0.39, 0.29) is 16.0 Å². The Morgan fingerprint density at radius 3 is 2.35 bits per heavy atom. The van der Waals surface area contributed by atoms with Crippen molar-refractivity contribution in [2.75, 3.05) is 7.11 Å². The average Bonchev–Trinajstić information content (AvgIpc) is 2.84. The van der Waals surface area contributed by atoms with Crippen molar-refractivity contribution in [1.29, 1.82) is 0 Å². The van der Waals surface area contributed by atoms with E-state index in [1.54, 1.807) is 18.9 Å². The Hall–Kier alpha value is -1.20. The van der Waals surface area contributed by atoms with E-state index in [1.807, 2.05) is 24.3 Å². The van der Waals surface area contributed by atoms with Gasteiger partial charge in [0, 0.05) is 0 Å². The molecule has 1 unspecified atom stereocenters. The zero-order valence-corrected chi connectivity index (χ0v) is 13.0. The highest BCUT2D eigenvalue weighted by Gasteiger charge is 2.43. The summed E-state index contributed by atoms with van der Waals surface area (Å²) in [7, 11) is 1.62. The number of aliphatic carboxylic acids is 1. The summed E-state index contributed by atoms with van der Waals surface area (Å²) in [5, 5.41) is 12.7. The number of ether oxygens (including phenoxy) is 1. The molecule has 1 fully saturated rings. The summed E-state index contributed by atoms with van der Waals surface area (Å²) in [6.07, 6.45) is 0. The molecule has 0 aliphatic carbocycles. The number of methoxy groups -OCH3 is 1. The van der Waals surface area contributed by atoms with Crippen molar-refractivity contribution in [3.8, 4) is 5.75 Å². The number of rotatable bonds is 3. The lowest BCUT2D eigenvalue weighted by atomic mass is 9.95. The van der Waals surface area contributed by atoms with Gasteiger partial charge in [-0.3, -0.25) is 10.1 Å². The van der Waals surface area contributed by atoms with E-state index < -0.39 is 12.0 Å². The van der Waals surface area contributed by atoms with Crippen LogP contribution in [0.3, 0.4) is 0 Å². The molecule has 0 spiro atoms. The van der Waals surface area contributed by atoms with Gasteiger partial charge in [0.25, 0.3) is 0 Å². The Morgan fingerprint density at radius 1 is 1.30 bits per heavy atom. The summed E-state index contributed by atoms with van der Waals surface area (Å²) >= 11 is 1.69. The molecule has 1 saturated heterocycles. The maximum Gasteiger partial charge on any atom is 0.322 e. The first kappa shape index (κ1) is 15.2. The van der Waals surface area contributed by atoms with E-state index >= 15 is 0 Å². The molecule has 1 heterocycles. The molecule has 4 nitrogen and oxygen atoms in total. The van der Waals surface area contributed by atoms with E-state index in [4.69, 9.17) is 4.74 Å². The van der Waals surface area contributed by atoms with Crippen LogP contribution in [0.1, 0.15) is 31.6 Å². The Labute approximate surface area is 123 Å². The van der Waals surface area contributed by atoms with Gasteiger partial charge in [-0.05, 0) is 23.1 Å². The highest BCUT2D eigenvalue weighted by atomic mass is 32.2. The van der Waals surface area contributed by atoms with Crippen molar-refractivity contribution < 1.29 is 14.6 Å². The second kappa shape index (κ2) is 5.66. The lowest BCUT2D eigenvalue weighted by Crippen LogP contribution is -2.42. The molecule has 20 heavy (non-hydrogen) atoms. The fraction of sp³-hybridized carbons (Fsp3) is 0.533. The average molecular weight is 295 g/mol. The molecule has 1 aromatic rings. The first-order chi connectivity index (χ1) is 9.32. The summed E-state index contributed by atoms with van der Waals surface area (Å²) in [5.74, 6) is -0.0194. The Morgan fingerprint density at radius 2 is 1.90 bits per heavy atom. The maximum atomic E-state index is 11.5. The third kappa shape index (κ3) is 3.10. The number of carbonyl (C=O) groups is 1. The van der Waals surface area contributed by atoms with Gasteiger partial charge in [0.2, 0.25) is 0 Å². The van der Waals surface area contributed by atoms with E-state index in [0.717, 1.165) is 11.3 Å². The second-order valence-electron chi connectivity index (χ2n) is 6.06. The lowest BCUT2D eigenvalue weighted by Gasteiger charge is -2.26. The van der Waals surface area contributed by atoms with Crippen LogP contribution in [0, 0.1) is 5.41 Å². The second-order valence-corrected chi connectivity index (χ2v) is 7.31. The standard InChI is InChI=1S/C15H21NO3S/c1-15(2,3)14-16-11(13(17)18)12(20-14)9-5-7-10(19-4)8-6-9/h5-8,11-12,14,16H,1-4H3,(H,17,18)/t11-,12+,14?/m0/s1. The monoisotopic (exact) mass is 295 g/mol. The van der Waals surface area contributed by atoms with Gasteiger partial charge in [-0.1, -0.05) is 32.9 Å². The molecular weight excluding hydrogens is 274 g/mol. The number of benzene rings is 1. The molecule has 2 rings (SSSR count). The van der Waals surface area contributed by atoms with Gasteiger partial charge in [-0.25, -0.2) is 0 Å². The number of hydrogen-bond acceptors (Lipinski definition) is 4. The topological polar surface area (TPSA) is 58.6 Å². The number of nitrogens with one attached hydrogen (secondary N) is 1. The third-order valence-electron chi connectivity index (χ3n) is 3.41. The minimum atomic E-state index is -0.801. The molecule has 2 N–H and O–H groups in total. The van der Waals surface area contributed by atoms with Crippen molar-refractivity contribution in [1.82, 2.24) is 5.32 Å². The summed E-state index contributed by atoms with van der Waals surface area (Å²) in [5.41, 5.74) is 1.03. The summed E-state index contributed by atoms with van der Waals surface area (Å²) in [6.45, 7) is 6.35. The van der Waals surface area contributed by atoms with Gasteiger partial charge in [0.05, 0.1) is 17.7 Å². The molecule has 1 aliphatic heterocycles.